The third kappa shape index (κ3) is 3.38. The van der Waals surface area contributed by atoms with Crippen LogP contribution in [0.2, 0.25) is 0 Å². The maximum Gasteiger partial charge on any atom is 0.338 e. The van der Waals surface area contributed by atoms with Crippen molar-refractivity contribution in [3.05, 3.63) is 41.5 Å². The highest BCUT2D eigenvalue weighted by molar-refractivity contribution is 5.94. The van der Waals surface area contributed by atoms with Crippen LogP contribution in [-0.2, 0) is 16.1 Å². The summed E-state index contributed by atoms with van der Waals surface area (Å²) in [6.45, 7) is 2.05. The number of carboxylic acid groups (broad SMARTS) is 1. The lowest BCUT2D eigenvalue weighted by Gasteiger charge is -2.43. The van der Waals surface area contributed by atoms with Crippen molar-refractivity contribution in [3.8, 4) is 28.4 Å². The van der Waals surface area contributed by atoms with E-state index in [1.165, 1.54) is 7.11 Å². The molecular weight excluding hydrogens is 400 g/mol. The van der Waals surface area contributed by atoms with Crippen LogP contribution in [-0.4, -0.2) is 37.3 Å². The second kappa shape index (κ2) is 8.13. The number of methoxy groups -OCH3 is 2. The molecule has 0 saturated heterocycles. The highest BCUT2D eigenvalue weighted by Crippen LogP contribution is 2.51. The molecule has 164 valence electrons. The largest absolute Gasteiger partial charge is 0.493 e. The van der Waals surface area contributed by atoms with Gasteiger partial charge in [-0.3, -0.25) is 4.79 Å². The van der Waals surface area contributed by atoms with E-state index < -0.39 is 24.6 Å². The minimum atomic E-state index is -1.58. The van der Waals surface area contributed by atoms with Crippen LogP contribution in [0.5, 0.6) is 17.2 Å². The molecule has 1 aliphatic carbocycles. The average molecular weight is 428 g/mol. The molecule has 2 aromatic rings. The fourth-order valence-electron chi connectivity index (χ4n) is 4.44. The van der Waals surface area contributed by atoms with Gasteiger partial charge in [0.1, 0.15) is 18.1 Å². The fraction of sp³-hybridized carbons (Fsp3) is 0.417. The normalized spacial score (nSPS) is 18.2. The molecule has 2 aliphatic rings. The first-order valence-corrected chi connectivity index (χ1v) is 10.2. The van der Waals surface area contributed by atoms with Gasteiger partial charge in [-0.15, -0.1) is 0 Å². The van der Waals surface area contributed by atoms with Gasteiger partial charge in [-0.25, -0.2) is 4.79 Å². The predicted octanol–water partition coefficient (Wildman–Crippen LogP) is 4.45. The van der Waals surface area contributed by atoms with E-state index >= 15 is 0 Å². The molecule has 2 aromatic carbocycles. The molecule has 4 rings (SSSR count). The van der Waals surface area contributed by atoms with Crippen molar-refractivity contribution in [1.82, 2.24) is 0 Å². The van der Waals surface area contributed by atoms with E-state index in [0.717, 1.165) is 17.5 Å². The van der Waals surface area contributed by atoms with Gasteiger partial charge >= 0.3 is 11.9 Å². The summed E-state index contributed by atoms with van der Waals surface area (Å²) in [5, 5.41) is 9.95. The Morgan fingerprint density at radius 3 is 2.61 bits per heavy atom. The van der Waals surface area contributed by atoms with Crippen molar-refractivity contribution in [2.75, 3.05) is 14.2 Å². The van der Waals surface area contributed by atoms with E-state index in [1.54, 1.807) is 24.3 Å². The van der Waals surface area contributed by atoms with Crippen molar-refractivity contribution >= 4 is 11.9 Å². The van der Waals surface area contributed by atoms with E-state index in [0.29, 0.717) is 30.4 Å². The van der Waals surface area contributed by atoms with Crippen LogP contribution in [0, 0.1) is 5.41 Å². The van der Waals surface area contributed by atoms with Gasteiger partial charge in [0.25, 0.3) is 0 Å². The molecule has 1 N–H and O–H groups in total. The number of cyclic esters (lactones) is 1. The summed E-state index contributed by atoms with van der Waals surface area (Å²) >= 11 is 0. The van der Waals surface area contributed by atoms with Crippen LogP contribution in [0.1, 0.15) is 51.3 Å². The van der Waals surface area contributed by atoms with E-state index in [9.17, 15) is 14.7 Å². The molecule has 0 aromatic heterocycles. The van der Waals surface area contributed by atoms with Crippen LogP contribution in [0.3, 0.4) is 0 Å². The summed E-state index contributed by atoms with van der Waals surface area (Å²) in [4.78, 5) is 24.0. The predicted molar refractivity (Wildman–Crippen MR) is 113 cm³/mol. The Morgan fingerprint density at radius 2 is 2.00 bits per heavy atom. The molecule has 0 spiro atoms. The van der Waals surface area contributed by atoms with Crippen LogP contribution >= 0.6 is 0 Å². The lowest BCUT2D eigenvalue weighted by atomic mass is 9.64. The molecule has 31 heavy (non-hydrogen) atoms. The van der Waals surface area contributed by atoms with Gasteiger partial charge in [-0.1, -0.05) is 19.4 Å². The van der Waals surface area contributed by atoms with Crippen molar-refractivity contribution in [2.24, 2.45) is 5.41 Å². The Kier molecular flexibility index (Phi) is 4.86. The summed E-state index contributed by atoms with van der Waals surface area (Å²) < 4.78 is 37.3. The molecule has 1 saturated carbocycles. The number of hydrogen-bond donors (Lipinski definition) is 1. The number of carbonyl (C=O) groups is 2. The Hall–Kier alpha value is -3.22. The van der Waals surface area contributed by atoms with Crippen LogP contribution in [0.25, 0.3) is 11.1 Å². The number of esters is 1. The molecule has 1 aliphatic heterocycles. The van der Waals surface area contributed by atoms with Crippen molar-refractivity contribution in [1.29, 1.82) is 0 Å². The number of carbonyl (C=O) groups excluding carboxylic acids is 1. The monoisotopic (exact) mass is 428 g/mol. The number of fused-ring (bicyclic) bond motifs is 1. The number of carboxylic acids is 1. The SMILES string of the molecule is [2H]C([2H])Oc1ccc(-c2ccc3c(c2)COC3=O)c(OC(CC)C2(C(=O)O)CCC2)c1OC. The maximum absolute atomic E-state index is 12.1. The Morgan fingerprint density at radius 1 is 1.23 bits per heavy atom. The van der Waals surface area contributed by atoms with Gasteiger partial charge < -0.3 is 24.1 Å². The summed E-state index contributed by atoms with van der Waals surface area (Å²) in [5.74, 6) is -0.646. The van der Waals surface area contributed by atoms with Crippen LogP contribution < -0.4 is 14.2 Å². The minimum absolute atomic E-state index is 0.152. The van der Waals surface area contributed by atoms with Gasteiger partial charge in [-0.05, 0) is 49.1 Å². The molecular formula is C24H26O7. The quantitative estimate of drug-likeness (QED) is 0.621. The first-order valence-electron chi connectivity index (χ1n) is 11.4. The number of benzene rings is 2. The fourth-order valence-corrected chi connectivity index (χ4v) is 4.44. The highest BCUT2D eigenvalue weighted by Gasteiger charge is 2.52. The Labute approximate surface area is 183 Å². The molecule has 1 unspecified atom stereocenters. The lowest BCUT2D eigenvalue weighted by molar-refractivity contribution is -0.163. The van der Waals surface area contributed by atoms with Gasteiger partial charge in [0.15, 0.2) is 11.5 Å². The number of rotatable bonds is 8. The zero-order valence-corrected chi connectivity index (χ0v) is 17.5. The van der Waals surface area contributed by atoms with Gasteiger partial charge in [-0.2, -0.15) is 0 Å². The number of aliphatic carboxylic acids is 1. The Bertz CT molecular complexity index is 1080. The van der Waals surface area contributed by atoms with Crippen molar-refractivity contribution in [2.45, 2.75) is 45.3 Å². The summed E-state index contributed by atoms with van der Waals surface area (Å²) in [7, 11) is -0.159. The van der Waals surface area contributed by atoms with Crippen molar-refractivity contribution < 1.29 is 36.4 Å². The third-order valence-electron chi connectivity index (χ3n) is 6.32. The van der Waals surface area contributed by atoms with E-state index in [2.05, 4.69) is 0 Å². The molecule has 1 atom stereocenters. The number of hydrogen-bond acceptors (Lipinski definition) is 6. The molecule has 1 fully saturated rings. The molecule has 7 nitrogen and oxygen atoms in total. The second-order valence-electron chi connectivity index (χ2n) is 7.87. The van der Waals surface area contributed by atoms with Gasteiger partial charge in [0.05, 0.1) is 22.5 Å². The zero-order chi connectivity index (χ0) is 23.8. The van der Waals surface area contributed by atoms with Gasteiger partial charge in [0.2, 0.25) is 5.75 Å². The van der Waals surface area contributed by atoms with Crippen LogP contribution in [0.4, 0.5) is 0 Å². The third-order valence-corrected chi connectivity index (χ3v) is 6.32. The molecule has 1 heterocycles. The van der Waals surface area contributed by atoms with E-state index in [-0.39, 0.29) is 29.8 Å². The smallest absolute Gasteiger partial charge is 0.338 e. The van der Waals surface area contributed by atoms with Crippen LogP contribution in [0.15, 0.2) is 30.3 Å². The summed E-state index contributed by atoms with van der Waals surface area (Å²) in [6.07, 6.45) is 1.71. The maximum atomic E-state index is 12.1. The molecule has 7 heteroatoms. The average Bonchev–Trinajstić information content (AvgIpc) is 3.11. The number of ether oxygens (including phenoxy) is 4. The zero-order valence-electron chi connectivity index (χ0n) is 19.5. The Balaban J connectivity index is 1.83. The standard InChI is InChI=1S/C24H26O7/c1-4-19(24(23(26)27)10-5-11-24)31-20-16(8-9-18(28-2)21(20)29-3)14-6-7-17-15(12-14)13-30-22(17)25/h6-9,12,19H,4-5,10-11,13H2,1-3H3,(H,26,27)/i2D2. The lowest BCUT2D eigenvalue weighted by Crippen LogP contribution is -2.50. The first-order chi connectivity index (χ1) is 15.8. The molecule has 0 bridgehead atoms. The van der Waals surface area contributed by atoms with Crippen molar-refractivity contribution in [3.63, 3.8) is 0 Å². The van der Waals surface area contributed by atoms with Gasteiger partial charge in [0, 0.05) is 11.1 Å². The summed E-state index contributed by atoms with van der Waals surface area (Å²) in [6, 6.07) is 8.59. The van der Waals surface area contributed by atoms with E-state index in [1.807, 2.05) is 13.0 Å². The van der Waals surface area contributed by atoms with E-state index in [4.69, 9.17) is 21.7 Å². The summed E-state index contributed by atoms with van der Waals surface area (Å²) in [5.41, 5.74) is 1.61. The first kappa shape index (κ1) is 18.5. The molecule has 0 radical (unpaired) electrons. The minimum Gasteiger partial charge on any atom is -0.493 e. The molecule has 0 amide bonds. The topological polar surface area (TPSA) is 91.3 Å². The second-order valence-corrected chi connectivity index (χ2v) is 7.87. The highest BCUT2D eigenvalue weighted by atomic mass is 16.5.